The first-order valence-corrected chi connectivity index (χ1v) is 10.7. The van der Waals surface area contributed by atoms with E-state index in [0.29, 0.717) is 22.8 Å². The Kier molecular flexibility index (Phi) is 5.77. The predicted molar refractivity (Wildman–Crippen MR) is 116 cm³/mol. The smallest absolute Gasteiger partial charge is 0.416 e. The van der Waals surface area contributed by atoms with Crippen LogP contribution in [0.1, 0.15) is 22.6 Å². The van der Waals surface area contributed by atoms with Crippen molar-refractivity contribution in [2.75, 3.05) is 0 Å². The van der Waals surface area contributed by atoms with Crippen LogP contribution in [0, 0.1) is 13.8 Å². The van der Waals surface area contributed by atoms with Gasteiger partial charge in [0.25, 0.3) is 0 Å². The molecule has 0 aliphatic rings. The Morgan fingerprint density at radius 1 is 1.16 bits per heavy atom. The number of halogens is 3. The molecule has 0 amide bonds. The maximum Gasteiger partial charge on any atom is 0.416 e. The Morgan fingerprint density at radius 3 is 2.53 bits per heavy atom. The summed E-state index contributed by atoms with van der Waals surface area (Å²) in [5.74, 6) is 0.528. The molecule has 0 saturated heterocycles. The third-order valence-corrected chi connectivity index (χ3v) is 6.03. The van der Waals surface area contributed by atoms with Gasteiger partial charge in [-0.2, -0.15) is 13.2 Å². The first kappa shape index (κ1) is 22.0. The van der Waals surface area contributed by atoms with Crippen LogP contribution in [-0.2, 0) is 23.3 Å². The van der Waals surface area contributed by atoms with Gasteiger partial charge < -0.3 is 14.1 Å². The number of alkyl halides is 3. The Hall–Kier alpha value is -3.20. The van der Waals surface area contributed by atoms with Gasteiger partial charge >= 0.3 is 12.1 Å². The molecule has 2 aromatic carbocycles. The Bertz CT molecular complexity index is 1290. The van der Waals surface area contributed by atoms with Gasteiger partial charge in [-0.05, 0) is 61.9 Å². The molecule has 0 saturated carbocycles. The lowest BCUT2D eigenvalue weighted by atomic mass is 10.1. The molecule has 32 heavy (non-hydrogen) atoms. The molecule has 0 aliphatic carbocycles. The highest BCUT2D eigenvalue weighted by atomic mass is 32.2. The molecule has 2 heterocycles. The fraction of sp³-hybridized carbons (Fsp3) is 0.217. The molecule has 0 atom stereocenters. The zero-order valence-corrected chi connectivity index (χ0v) is 18.0. The molecule has 1 N–H and O–H groups in total. The number of hydrogen-bond donors (Lipinski definition) is 1. The summed E-state index contributed by atoms with van der Waals surface area (Å²) in [4.78, 5) is 16.4. The number of benzene rings is 2. The first-order valence-electron chi connectivity index (χ1n) is 9.70. The van der Waals surface area contributed by atoms with Gasteiger partial charge in [0.2, 0.25) is 5.89 Å². The van der Waals surface area contributed by atoms with Crippen LogP contribution in [0.25, 0.3) is 22.4 Å². The lowest BCUT2D eigenvalue weighted by molar-refractivity contribution is -0.138. The van der Waals surface area contributed by atoms with Crippen LogP contribution in [0.3, 0.4) is 0 Å². The van der Waals surface area contributed by atoms with E-state index >= 15 is 0 Å². The summed E-state index contributed by atoms with van der Waals surface area (Å²) in [5, 5.41) is 10.0. The van der Waals surface area contributed by atoms with Crippen molar-refractivity contribution in [3.63, 3.8) is 0 Å². The fourth-order valence-corrected chi connectivity index (χ4v) is 4.57. The quantitative estimate of drug-likeness (QED) is 0.342. The van der Waals surface area contributed by atoms with E-state index in [1.54, 1.807) is 29.4 Å². The van der Waals surface area contributed by atoms with Gasteiger partial charge in [-0.3, -0.25) is 4.79 Å². The molecule has 0 bridgehead atoms. The maximum atomic E-state index is 12.8. The van der Waals surface area contributed by atoms with E-state index in [4.69, 9.17) is 9.52 Å². The molecule has 9 heteroatoms. The zero-order chi connectivity index (χ0) is 23.0. The molecule has 0 radical (unpaired) electrons. The highest BCUT2D eigenvalue weighted by Gasteiger charge is 2.30. The van der Waals surface area contributed by atoms with Crippen LogP contribution >= 0.6 is 11.8 Å². The van der Waals surface area contributed by atoms with Crippen LogP contribution in [0.2, 0.25) is 0 Å². The van der Waals surface area contributed by atoms with Crippen molar-refractivity contribution in [3.8, 4) is 11.5 Å². The molecule has 0 aliphatic heterocycles. The second kappa shape index (κ2) is 8.38. The molecule has 0 spiro atoms. The number of hydrogen-bond acceptors (Lipinski definition) is 4. The van der Waals surface area contributed by atoms with E-state index in [2.05, 4.69) is 4.98 Å². The van der Waals surface area contributed by atoms with E-state index in [0.717, 1.165) is 33.5 Å². The van der Waals surface area contributed by atoms with Gasteiger partial charge in [-0.1, -0.05) is 0 Å². The van der Waals surface area contributed by atoms with Crippen molar-refractivity contribution in [2.24, 2.45) is 0 Å². The van der Waals surface area contributed by atoms with Crippen LogP contribution < -0.4 is 0 Å². The van der Waals surface area contributed by atoms with Crippen molar-refractivity contribution >= 4 is 28.6 Å². The van der Waals surface area contributed by atoms with Crippen molar-refractivity contribution in [3.05, 3.63) is 71.2 Å². The fourth-order valence-electron chi connectivity index (χ4n) is 3.53. The molecule has 4 aromatic rings. The zero-order valence-electron chi connectivity index (χ0n) is 17.2. The van der Waals surface area contributed by atoms with Crippen molar-refractivity contribution in [1.29, 1.82) is 0 Å². The molecule has 166 valence electrons. The molecular weight excluding hydrogens is 441 g/mol. The average Bonchev–Trinajstić information content (AvgIpc) is 3.29. The number of carboxylic acid groups (broad SMARTS) is 1. The van der Waals surface area contributed by atoms with Gasteiger partial charge in [-0.15, -0.1) is 11.8 Å². The largest absolute Gasteiger partial charge is 0.480 e. The standard InChI is InChI=1S/C23H19F3N2O3S/c1-13-9-18(10-16-7-8-28(21(13)16)11-20(29)30)32-12-19-14(2)27-22(31-19)15-3-5-17(6-4-15)23(24,25)26/h3-10H,11-12H2,1-2H3,(H,29,30). The highest BCUT2D eigenvalue weighted by molar-refractivity contribution is 7.98. The van der Waals surface area contributed by atoms with Crippen LogP contribution in [0.15, 0.2) is 58.0 Å². The van der Waals surface area contributed by atoms with Crippen LogP contribution in [0.4, 0.5) is 13.2 Å². The summed E-state index contributed by atoms with van der Waals surface area (Å²) in [5.41, 5.74) is 2.30. The van der Waals surface area contributed by atoms with E-state index in [9.17, 15) is 18.0 Å². The summed E-state index contributed by atoms with van der Waals surface area (Å²) >= 11 is 1.55. The highest BCUT2D eigenvalue weighted by Crippen LogP contribution is 2.33. The first-order chi connectivity index (χ1) is 15.1. The molecular formula is C23H19F3N2O3S. The summed E-state index contributed by atoms with van der Waals surface area (Å²) in [6.07, 6.45) is -2.63. The normalized spacial score (nSPS) is 11.9. The van der Waals surface area contributed by atoms with Crippen molar-refractivity contribution in [1.82, 2.24) is 9.55 Å². The number of aliphatic carboxylic acids is 1. The molecule has 0 fully saturated rings. The van der Waals surface area contributed by atoms with Gasteiger partial charge in [0.05, 0.1) is 22.5 Å². The Balaban J connectivity index is 1.51. The summed E-state index contributed by atoms with van der Waals surface area (Å²) in [6.45, 7) is 3.64. The van der Waals surface area contributed by atoms with Crippen LogP contribution in [0.5, 0.6) is 0 Å². The Labute approximate surface area is 185 Å². The number of carbonyl (C=O) groups is 1. The average molecular weight is 460 g/mol. The van der Waals surface area contributed by atoms with Crippen molar-refractivity contribution < 1.29 is 27.5 Å². The minimum absolute atomic E-state index is 0.0964. The number of thioether (sulfide) groups is 1. The van der Waals surface area contributed by atoms with Gasteiger partial charge in [0.1, 0.15) is 12.3 Å². The summed E-state index contributed by atoms with van der Waals surface area (Å²) < 4.78 is 45.8. The van der Waals surface area contributed by atoms with Gasteiger partial charge in [0.15, 0.2) is 0 Å². The van der Waals surface area contributed by atoms with Gasteiger partial charge in [-0.25, -0.2) is 4.98 Å². The number of oxazole rings is 1. The van der Waals surface area contributed by atoms with Crippen LogP contribution in [-0.4, -0.2) is 20.6 Å². The minimum atomic E-state index is -4.39. The topological polar surface area (TPSA) is 68.3 Å². The lowest BCUT2D eigenvalue weighted by Gasteiger charge is -2.07. The Morgan fingerprint density at radius 2 is 1.88 bits per heavy atom. The SMILES string of the molecule is Cc1nc(-c2ccc(C(F)(F)F)cc2)oc1CSc1cc(C)c2c(ccn2CC(=O)O)c1. The van der Waals surface area contributed by atoms with E-state index in [1.807, 2.05) is 25.1 Å². The third-order valence-electron chi connectivity index (χ3n) is 5.05. The maximum absolute atomic E-state index is 12.8. The summed E-state index contributed by atoms with van der Waals surface area (Å²) in [7, 11) is 0. The minimum Gasteiger partial charge on any atom is -0.480 e. The monoisotopic (exact) mass is 460 g/mol. The number of rotatable bonds is 6. The number of carboxylic acids is 1. The number of nitrogens with zero attached hydrogens (tertiary/aromatic N) is 2. The molecule has 2 aromatic heterocycles. The second-order valence-corrected chi connectivity index (χ2v) is 8.46. The predicted octanol–water partition coefficient (Wildman–Crippen LogP) is 6.31. The molecule has 5 nitrogen and oxygen atoms in total. The second-order valence-electron chi connectivity index (χ2n) is 7.41. The van der Waals surface area contributed by atoms with E-state index in [-0.39, 0.29) is 12.4 Å². The number of fused-ring (bicyclic) bond motifs is 1. The molecule has 4 rings (SSSR count). The lowest BCUT2D eigenvalue weighted by Crippen LogP contribution is -2.07. The molecule has 0 unspecified atom stereocenters. The van der Waals surface area contributed by atoms with Gasteiger partial charge in [0, 0.05) is 22.0 Å². The van der Waals surface area contributed by atoms with E-state index < -0.39 is 17.7 Å². The number of aromatic nitrogens is 2. The number of aryl methyl sites for hydroxylation is 2. The summed E-state index contributed by atoms with van der Waals surface area (Å²) in [6, 6.07) is 10.6. The third kappa shape index (κ3) is 4.52. The van der Waals surface area contributed by atoms with Crippen molar-refractivity contribution in [2.45, 2.75) is 37.2 Å². The van der Waals surface area contributed by atoms with E-state index in [1.165, 1.54) is 12.1 Å².